The van der Waals surface area contributed by atoms with Crippen molar-refractivity contribution in [3.63, 3.8) is 0 Å². The number of alkyl carbamates (subject to hydrolysis) is 1. The highest BCUT2D eigenvalue weighted by molar-refractivity contribution is 7.89. The number of anilines is 1. The van der Waals surface area contributed by atoms with E-state index in [1.807, 2.05) is 0 Å². The van der Waals surface area contributed by atoms with E-state index in [1.54, 1.807) is 20.8 Å². The summed E-state index contributed by atoms with van der Waals surface area (Å²) >= 11 is 0. The molecule has 202 valence electrons. The summed E-state index contributed by atoms with van der Waals surface area (Å²) in [7, 11) is -2.85. The third-order valence-corrected chi connectivity index (χ3v) is 7.77. The molecular weight excluding hydrogens is 496 g/mol. The van der Waals surface area contributed by atoms with Crippen molar-refractivity contribution in [1.29, 1.82) is 0 Å². The van der Waals surface area contributed by atoms with Crippen LogP contribution < -0.4 is 20.1 Å². The smallest absolute Gasteiger partial charge is 0.408 e. The number of benzene rings is 1. The lowest BCUT2D eigenvalue weighted by atomic mass is 9.83. The number of carbonyl (C=O) groups is 2. The second kappa shape index (κ2) is 10.9. The van der Waals surface area contributed by atoms with Gasteiger partial charge in [-0.15, -0.1) is 0 Å². The Morgan fingerprint density at radius 2 is 1.75 bits per heavy atom. The van der Waals surface area contributed by atoms with Crippen LogP contribution in [0.25, 0.3) is 0 Å². The highest BCUT2D eigenvalue weighted by Gasteiger charge is 2.47. The van der Waals surface area contributed by atoms with E-state index >= 15 is 0 Å². The van der Waals surface area contributed by atoms with Crippen molar-refractivity contribution in [3.05, 3.63) is 18.2 Å². The van der Waals surface area contributed by atoms with Gasteiger partial charge in [-0.2, -0.15) is 0 Å². The van der Waals surface area contributed by atoms with Gasteiger partial charge < -0.3 is 20.1 Å². The van der Waals surface area contributed by atoms with Crippen LogP contribution in [0.4, 0.5) is 19.3 Å². The van der Waals surface area contributed by atoms with Crippen LogP contribution in [0, 0.1) is 5.92 Å². The van der Waals surface area contributed by atoms with Gasteiger partial charge in [0.05, 0.1) is 7.11 Å². The first-order valence-corrected chi connectivity index (χ1v) is 13.6. The average Bonchev–Trinajstić information content (AvgIpc) is 2.75. The second-order valence-corrected chi connectivity index (χ2v) is 12.1. The van der Waals surface area contributed by atoms with E-state index in [0.717, 1.165) is 32.1 Å². The molecule has 0 heterocycles. The van der Waals surface area contributed by atoms with E-state index in [0.29, 0.717) is 0 Å². The maximum atomic E-state index is 13.2. The number of amides is 2. The van der Waals surface area contributed by atoms with E-state index in [1.165, 1.54) is 25.3 Å². The standard InChI is InChI=1S/C24H35F2N3O6S/c1-23(2,3)35-22(31)28-20(15-8-6-5-7-9-15)21(30)27-16-10-11-19(18(12-16)34-4)36(32,33)29-17-13-24(25,26)14-17/h10-12,15,17,20,29H,5-9,13-14H2,1-4H3,(H,27,30)(H,28,31)/t20-/m0/s1. The number of ether oxygens (including phenoxy) is 2. The van der Waals surface area contributed by atoms with Gasteiger partial charge in [-0.3, -0.25) is 4.79 Å². The predicted molar refractivity (Wildman–Crippen MR) is 130 cm³/mol. The van der Waals surface area contributed by atoms with Crippen molar-refractivity contribution in [2.45, 2.75) is 94.2 Å². The molecule has 1 atom stereocenters. The van der Waals surface area contributed by atoms with Gasteiger partial charge in [0.25, 0.3) is 5.92 Å². The Morgan fingerprint density at radius 1 is 1.11 bits per heavy atom. The first-order chi connectivity index (χ1) is 16.7. The minimum absolute atomic E-state index is 0.0549. The first-order valence-electron chi connectivity index (χ1n) is 12.1. The largest absolute Gasteiger partial charge is 0.495 e. The van der Waals surface area contributed by atoms with E-state index in [4.69, 9.17) is 9.47 Å². The highest BCUT2D eigenvalue weighted by atomic mass is 32.2. The zero-order valence-electron chi connectivity index (χ0n) is 21.0. The van der Waals surface area contributed by atoms with Crippen molar-refractivity contribution in [2.24, 2.45) is 5.92 Å². The number of sulfonamides is 1. The van der Waals surface area contributed by atoms with Crippen LogP contribution in [0.1, 0.15) is 65.7 Å². The Hall–Kier alpha value is -2.47. The zero-order chi connectivity index (χ0) is 26.7. The minimum Gasteiger partial charge on any atom is -0.495 e. The molecule has 1 aromatic carbocycles. The van der Waals surface area contributed by atoms with Crippen LogP contribution in [-0.2, 0) is 19.6 Å². The second-order valence-electron chi connectivity index (χ2n) is 10.5. The molecule has 2 aliphatic rings. The van der Waals surface area contributed by atoms with Crippen LogP contribution in [0.5, 0.6) is 5.75 Å². The Morgan fingerprint density at radius 3 is 2.31 bits per heavy atom. The fourth-order valence-electron chi connectivity index (χ4n) is 4.51. The Balaban J connectivity index is 1.75. The molecule has 2 amide bonds. The number of hydrogen-bond donors (Lipinski definition) is 3. The summed E-state index contributed by atoms with van der Waals surface area (Å²) in [5.74, 6) is -3.45. The zero-order valence-corrected chi connectivity index (χ0v) is 21.8. The molecule has 36 heavy (non-hydrogen) atoms. The van der Waals surface area contributed by atoms with Crippen LogP contribution in [0.15, 0.2) is 23.1 Å². The first kappa shape index (κ1) is 28.1. The fourth-order valence-corrected chi connectivity index (χ4v) is 5.90. The highest BCUT2D eigenvalue weighted by Crippen LogP contribution is 2.38. The van der Waals surface area contributed by atoms with Gasteiger partial charge in [-0.25, -0.2) is 26.7 Å². The lowest BCUT2D eigenvalue weighted by Crippen LogP contribution is -2.50. The van der Waals surface area contributed by atoms with Gasteiger partial charge in [0.1, 0.15) is 22.3 Å². The van der Waals surface area contributed by atoms with Gasteiger partial charge in [0, 0.05) is 30.6 Å². The summed E-state index contributed by atoms with van der Waals surface area (Å²) in [6, 6.07) is 2.27. The average molecular weight is 532 g/mol. The number of halogens is 2. The number of carbonyl (C=O) groups excluding carboxylic acids is 2. The maximum absolute atomic E-state index is 13.2. The molecule has 0 unspecified atom stereocenters. The number of rotatable bonds is 8. The molecule has 0 saturated heterocycles. The topological polar surface area (TPSA) is 123 Å². The lowest BCUT2D eigenvalue weighted by molar-refractivity contribution is -0.119. The Bertz CT molecular complexity index is 1060. The predicted octanol–water partition coefficient (Wildman–Crippen LogP) is 4.18. The summed E-state index contributed by atoms with van der Waals surface area (Å²) in [4.78, 5) is 25.4. The third-order valence-electron chi connectivity index (χ3n) is 6.21. The molecule has 9 nitrogen and oxygen atoms in total. The fraction of sp³-hybridized carbons (Fsp3) is 0.667. The summed E-state index contributed by atoms with van der Waals surface area (Å²) < 4.78 is 64.5. The van der Waals surface area contributed by atoms with E-state index in [-0.39, 0.29) is 22.3 Å². The monoisotopic (exact) mass is 531 g/mol. The maximum Gasteiger partial charge on any atom is 0.408 e. The molecule has 1 aromatic rings. The summed E-state index contributed by atoms with van der Waals surface area (Å²) in [6.07, 6.45) is 2.71. The number of hydrogen-bond acceptors (Lipinski definition) is 6. The van der Waals surface area contributed by atoms with Crippen LogP contribution in [-0.4, -0.2) is 51.1 Å². The van der Waals surface area contributed by atoms with Crippen LogP contribution in [0.3, 0.4) is 0 Å². The van der Waals surface area contributed by atoms with Gasteiger partial charge in [-0.05, 0) is 51.7 Å². The molecule has 0 aromatic heterocycles. The van der Waals surface area contributed by atoms with Gasteiger partial charge in [-0.1, -0.05) is 19.3 Å². The van der Waals surface area contributed by atoms with Gasteiger partial charge in [0.15, 0.2) is 0 Å². The quantitative estimate of drug-likeness (QED) is 0.463. The molecule has 12 heteroatoms. The molecule has 3 rings (SSSR count). The SMILES string of the molecule is COc1cc(NC(=O)[C@@H](NC(=O)OC(C)(C)C)C2CCCCC2)ccc1S(=O)(=O)NC1CC(F)(F)C1. The molecule has 0 aliphatic heterocycles. The summed E-state index contributed by atoms with van der Waals surface area (Å²) in [6.45, 7) is 5.19. The van der Waals surface area contributed by atoms with E-state index in [9.17, 15) is 26.8 Å². The minimum atomic E-state index is -4.12. The number of methoxy groups -OCH3 is 1. The molecule has 0 bridgehead atoms. The van der Waals surface area contributed by atoms with E-state index < -0.39 is 58.5 Å². The van der Waals surface area contributed by atoms with Crippen molar-refractivity contribution >= 4 is 27.7 Å². The normalized spacial score (nSPS) is 19.6. The van der Waals surface area contributed by atoms with Crippen molar-refractivity contribution in [3.8, 4) is 5.75 Å². The van der Waals surface area contributed by atoms with Gasteiger partial charge in [0.2, 0.25) is 15.9 Å². The molecule has 2 saturated carbocycles. The third kappa shape index (κ3) is 7.52. The molecule has 2 aliphatic carbocycles. The Labute approximate surface area is 210 Å². The Kier molecular flexibility index (Phi) is 8.49. The molecular formula is C24H35F2N3O6S. The molecule has 3 N–H and O–H groups in total. The van der Waals surface area contributed by atoms with Crippen LogP contribution >= 0.6 is 0 Å². The lowest BCUT2D eigenvalue weighted by Gasteiger charge is -2.35. The number of nitrogens with one attached hydrogen (secondary N) is 3. The van der Waals surface area contributed by atoms with Crippen molar-refractivity contribution in [1.82, 2.24) is 10.0 Å². The van der Waals surface area contributed by atoms with Gasteiger partial charge >= 0.3 is 6.09 Å². The molecule has 0 spiro atoms. The molecule has 2 fully saturated rings. The molecule has 0 radical (unpaired) electrons. The van der Waals surface area contributed by atoms with E-state index in [2.05, 4.69) is 15.4 Å². The number of alkyl halides is 2. The van der Waals surface area contributed by atoms with Crippen molar-refractivity contribution < 1.29 is 36.3 Å². The van der Waals surface area contributed by atoms with Crippen LogP contribution in [0.2, 0.25) is 0 Å². The van der Waals surface area contributed by atoms with Crippen molar-refractivity contribution in [2.75, 3.05) is 12.4 Å². The summed E-state index contributed by atoms with van der Waals surface area (Å²) in [5, 5.41) is 5.43. The summed E-state index contributed by atoms with van der Waals surface area (Å²) in [5.41, 5.74) is -0.465.